The number of thiocarbonyl (C=S) groups is 1. The normalized spacial score (nSPS) is 21.3. The molecule has 1 aliphatic heterocycles. The summed E-state index contributed by atoms with van der Waals surface area (Å²) in [5.74, 6) is -1.52. The third kappa shape index (κ3) is 4.86. The average molecular weight is 313 g/mol. The van der Waals surface area contributed by atoms with Gasteiger partial charge in [0.25, 0.3) is 0 Å². The zero-order chi connectivity index (χ0) is 16.0. The largest absolute Gasteiger partial charge is 0.340 e. The monoisotopic (exact) mass is 313 g/mol. The van der Waals surface area contributed by atoms with Gasteiger partial charge in [-0.2, -0.15) is 0 Å². The molecule has 1 rings (SSSR count). The van der Waals surface area contributed by atoms with Crippen LogP contribution in [0.5, 0.6) is 0 Å². The fourth-order valence-electron chi connectivity index (χ4n) is 2.04. The second-order valence-corrected chi connectivity index (χ2v) is 5.99. The van der Waals surface area contributed by atoms with Gasteiger partial charge in [-0.15, -0.1) is 0 Å². The lowest BCUT2D eigenvalue weighted by Gasteiger charge is -2.34. The molecule has 0 unspecified atom stereocenters. The Hall–Kier alpha value is -1.34. The molecule has 0 aromatic carbocycles. The summed E-state index contributed by atoms with van der Waals surface area (Å²) in [5.41, 5.74) is 0. The summed E-state index contributed by atoms with van der Waals surface area (Å²) in [7, 11) is 4.15. The van der Waals surface area contributed by atoms with Gasteiger partial charge in [0.1, 0.15) is 0 Å². The number of nitrogens with zero attached hydrogens (tertiary/aromatic N) is 2. The number of rotatable bonds is 7. The molecule has 2 amide bonds. The van der Waals surface area contributed by atoms with E-state index in [0.29, 0.717) is 6.54 Å². The summed E-state index contributed by atoms with van der Waals surface area (Å²) in [6.07, 6.45) is 3.16. The van der Waals surface area contributed by atoms with E-state index in [9.17, 15) is 9.59 Å². The Balaban J connectivity index is 2.67. The topological polar surface area (TPSA) is 66.2 Å². The third-order valence-electron chi connectivity index (χ3n) is 3.48. The summed E-state index contributed by atoms with van der Waals surface area (Å²) in [6, 6.07) is -0.0289. The van der Waals surface area contributed by atoms with E-state index < -0.39 is 5.92 Å². The maximum atomic E-state index is 12.4. The molecule has 6 nitrogen and oxygen atoms in total. The van der Waals surface area contributed by atoms with Gasteiger partial charge in [-0.1, -0.05) is 6.92 Å². The molecule has 0 radical (unpaired) electrons. The Labute approximate surface area is 131 Å². The Morgan fingerprint density at radius 2 is 2.14 bits per heavy atom. The third-order valence-corrected chi connectivity index (χ3v) is 3.78. The fourth-order valence-corrected chi connectivity index (χ4v) is 2.41. The number of hydrogen-bond donors (Lipinski definition) is 2. The van der Waals surface area contributed by atoms with Crippen molar-refractivity contribution in [2.24, 2.45) is 10.9 Å². The second-order valence-electron chi connectivity index (χ2n) is 5.60. The maximum absolute atomic E-state index is 12.4. The van der Waals surface area contributed by atoms with E-state index in [1.54, 1.807) is 0 Å². The summed E-state index contributed by atoms with van der Waals surface area (Å²) in [6.45, 7) is 5.51. The van der Waals surface area contributed by atoms with E-state index in [2.05, 4.69) is 24.4 Å². The van der Waals surface area contributed by atoms with Gasteiger partial charge in [0, 0.05) is 25.2 Å². The highest BCUT2D eigenvalue weighted by Gasteiger charge is 2.39. The van der Waals surface area contributed by atoms with Crippen LogP contribution in [0.25, 0.3) is 0 Å². The lowest BCUT2D eigenvalue weighted by molar-refractivity contribution is -0.858. The van der Waals surface area contributed by atoms with Crippen LogP contribution in [0.4, 0.5) is 0 Å². The number of aliphatic imine (C=N–C) groups is 1. The van der Waals surface area contributed by atoms with Crippen LogP contribution in [0, 0.1) is 5.92 Å². The highest BCUT2D eigenvalue weighted by atomic mass is 32.1. The minimum absolute atomic E-state index is 0.0289. The minimum Gasteiger partial charge on any atom is -0.340 e. The Morgan fingerprint density at radius 3 is 2.71 bits per heavy atom. The molecule has 2 atom stereocenters. The maximum Gasteiger partial charge on any atom is 0.247 e. The van der Waals surface area contributed by atoms with Gasteiger partial charge in [0.2, 0.25) is 11.8 Å². The zero-order valence-electron chi connectivity index (χ0n) is 13.2. The average Bonchev–Trinajstić information content (AvgIpc) is 2.40. The molecular weight excluding hydrogens is 288 g/mol. The standard InChI is InChI=1S/C14H24N4O2S/c1-5-10(2)18-13(20)11(12(19)16-14(18)21)9-15-7-6-8-17(3)4/h9-11H,5-8H2,1-4H3,(H,16,19,21)/p+1/t10-,11+/m0/s1. The molecule has 7 heteroatoms. The summed E-state index contributed by atoms with van der Waals surface area (Å²) in [4.78, 5) is 31.4. The van der Waals surface area contributed by atoms with Gasteiger partial charge >= 0.3 is 0 Å². The first-order chi connectivity index (χ1) is 9.88. The van der Waals surface area contributed by atoms with E-state index in [4.69, 9.17) is 12.2 Å². The van der Waals surface area contributed by atoms with Crippen molar-refractivity contribution in [2.45, 2.75) is 32.7 Å². The molecule has 0 aromatic rings. The summed E-state index contributed by atoms with van der Waals surface area (Å²) >= 11 is 5.09. The number of amides is 2. The molecule has 1 aliphatic rings. The molecule has 21 heavy (non-hydrogen) atoms. The van der Waals surface area contributed by atoms with Crippen molar-refractivity contribution < 1.29 is 14.5 Å². The van der Waals surface area contributed by atoms with Gasteiger partial charge in [-0.3, -0.25) is 19.5 Å². The van der Waals surface area contributed by atoms with Crippen molar-refractivity contribution in [1.29, 1.82) is 0 Å². The molecule has 0 bridgehead atoms. The quantitative estimate of drug-likeness (QED) is 0.281. The van der Waals surface area contributed by atoms with Crippen molar-refractivity contribution in [1.82, 2.24) is 10.2 Å². The lowest BCUT2D eigenvalue weighted by atomic mass is 10.0. The number of carbonyl (C=O) groups excluding carboxylic acids is 2. The van der Waals surface area contributed by atoms with E-state index in [1.807, 2.05) is 13.8 Å². The molecular formula is C14H25N4O2S+. The van der Waals surface area contributed by atoms with Gasteiger partial charge in [0.15, 0.2) is 11.0 Å². The molecule has 0 aromatic heterocycles. The minimum atomic E-state index is -0.864. The predicted octanol–water partition coefficient (Wildman–Crippen LogP) is -0.750. The summed E-state index contributed by atoms with van der Waals surface area (Å²) in [5, 5.41) is 2.78. The van der Waals surface area contributed by atoms with E-state index >= 15 is 0 Å². The first-order valence-corrected chi connectivity index (χ1v) is 7.76. The van der Waals surface area contributed by atoms with Gasteiger partial charge < -0.3 is 10.2 Å². The Morgan fingerprint density at radius 1 is 1.48 bits per heavy atom. The first-order valence-electron chi connectivity index (χ1n) is 7.35. The first kappa shape index (κ1) is 17.7. The van der Waals surface area contributed by atoms with Crippen LogP contribution in [0.3, 0.4) is 0 Å². The molecule has 0 saturated carbocycles. The molecule has 1 fully saturated rings. The van der Waals surface area contributed by atoms with Crippen LogP contribution in [-0.4, -0.2) is 61.3 Å². The van der Waals surface area contributed by atoms with Crippen molar-refractivity contribution in [3.8, 4) is 0 Å². The number of nitrogens with one attached hydrogen (secondary N) is 2. The number of quaternary nitrogens is 1. The fraction of sp³-hybridized carbons (Fsp3) is 0.714. The van der Waals surface area contributed by atoms with Crippen LogP contribution in [0.2, 0.25) is 0 Å². The highest BCUT2D eigenvalue weighted by molar-refractivity contribution is 7.80. The Bertz CT molecular complexity index is 437. The van der Waals surface area contributed by atoms with Crippen molar-refractivity contribution in [2.75, 3.05) is 27.2 Å². The lowest BCUT2D eigenvalue weighted by Crippen LogP contribution is -3.05. The molecule has 1 heterocycles. The van der Waals surface area contributed by atoms with Crippen LogP contribution in [0.1, 0.15) is 26.7 Å². The molecule has 0 spiro atoms. The van der Waals surface area contributed by atoms with Gasteiger partial charge in [-0.25, -0.2) is 0 Å². The van der Waals surface area contributed by atoms with E-state index in [1.165, 1.54) is 16.0 Å². The smallest absolute Gasteiger partial charge is 0.247 e. The number of carbonyl (C=O) groups is 2. The van der Waals surface area contributed by atoms with Crippen LogP contribution in [0.15, 0.2) is 4.99 Å². The molecule has 0 aliphatic carbocycles. The SMILES string of the molecule is CC[C@H](C)N1C(=O)[C@H](C=NCCC[NH+](C)C)C(=O)NC1=S. The van der Waals surface area contributed by atoms with Crippen LogP contribution < -0.4 is 10.2 Å². The molecule has 2 N–H and O–H groups in total. The number of hydrogen-bond acceptors (Lipinski definition) is 4. The van der Waals surface area contributed by atoms with Crippen LogP contribution >= 0.6 is 12.2 Å². The molecule has 1 saturated heterocycles. The zero-order valence-corrected chi connectivity index (χ0v) is 14.0. The van der Waals surface area contributed by atoms with Crippen molar-refractivity contribution in [3.63, 3.8) is 0 Å². The van der Waals surface area contributed by atoms with Gasteiger partial charge in [-0.05, 0) is 25.6 Å². The predicted molar refractivity (Wildman–Crippen MR) is 86.5 cm³/mol. The molecule has 118 valence electrons. The van der Waals surface area contributed by atoms with Crippen molar-refractivity contribution in [3.05, 3.63) is 0 Å². The Kier molecular flexibility index (Phi) is 6.91. The van der Waals surface area contributed by atoms with Gasteiger partial charge in [0.05, 0.1) is 20.6 Å². The summed E-state index contributed by atoms with van der Waals surface area (Å²) < 4.78 is 0. The van der Waals surface area contributed by atoms with Crippen LogP contribution in [-0.2, 0) is 9.59 Å². The van der Waals surface area contributed by atoms with Crippen molar-refractivity contribution >= 4 is 35.4 Å². The van der Waals surface area contributed by atoms with E-state index in [-0.39, 0.29) is 23.0 Å². The second kappa shape index (κ2) is 8.19. The highest BCUT2D eigenvalue weighted by Crippen LogP contribution is 2.14. The van der Waals surface area contributed by atoms with E-state index in [0.717, 1.165) is 19.4 Å².